The third-order valence-corrected chi connectivity index (χ3v) is 4.97. The van der Waals surface area contributed by atoms with E-state index in [1.807, 2.05) is 0 Å². The van der Waals surface area contributed by atoms with Crippen LogP contribution in [0.2, 0.25) is 5.02 Å². The van der Waals surface area contributed by atoms with Gasteiger partial charge in [-0.2, -0.15) is 0 Å². The predicted octanol–water partition coefficient (Wildman–Crippen LogP) is 2.08. The summed E-state index contributed by atoms with van der Waals surface area (Å²) in [5, 5.41) is 12.6. The molecule has 0 heterocycles. The van der Waals surface area contributed by atoms with Crippen molar-refractivity contribution >= 4 is 65.7 Å². The number of ketones is 1. The molecule has 186 valence electrons. The average molecular weight is 532 g/mol. The Morgan fingerprint density at radius 3 is 2.35 bits per heavy atom. The van der Waals surface area contributed by atoms with Crippen molar-refractivity contribution in [3.63, 3.8) is 0 Å². The number of anilines is 1. The van der Waals surface area contributed by atoms with E-state index in [2.05, 4.69) is 10.6 Å². The third-order valence-electron chi connectivity index (χ3n) is 4.73. The van der Waals surface area contributed by atoms with Gasteiger partial charge in [0.05, 0.1) is 18.3 Å². The van der Waals surface area contributed by atoms with Gasteiger partial charge in [0, 0.05) is 29.7 Å². The van der Waals surface area contributed by atoms with Crippen molar-refractivity contribution in [3.05, 3.63) is 64.7 Å². The van der Waals surface area contributed by atoms with Crippen LogP contribution in [0.15, 0.2) is 48.5 Å². The molecule has 0 unspecified atom stereocenters. The Kier molecular flexibility index (Phi) is 13.9. The van der Waals surface area contributed by atoms with Crippen LogP contribution in [0.25, 0.3) is 0 Å². The molecule has 0 bridgehead atoms. The highest BCUT2D eigenvalue weighted by Gasteiger charge is 2.21. The van der Waals surface area contributed by atoms with E-state index >= 15 is 0 Å². The van der Waals surface area contributed by atoms with Gasteiger partial charge in [-0.05, 0) is 31.0 Å². The van der Waals surface area contributed by atoms with E-state index < -0.39 is 17.9 Å². The number of nitrogens with one attached hydrogen (secondary N) is 3. The number of likely N-dealkylation sites (N-methyl/N-ethyl adjacent to an activating group) is 1. The van der Waals surface area contributed by atoms with E-state index in [-0.39, 0.29) is 48.7 Å². The number of hydrogen-bond donors (Lipinski definition) is 5. The van der Waals surface area contributed by atoms with Crippen LogP contribution >= 0.6 is 36.4 Å². The standard InChI is InChI=1S/C22H27ClN6O3.2ClH/c1-29(19(30)13-28-21(32)17(24)8-5-11-27-22(25)26)18-10-9-15(23)12-16(18)20(31)14-6-3-2-4-7-14;;/h2-4,6-7,9-10,12,17H,5,8,11,13,24H2,1H3,(H,28,32)(H4,25,26,27);2*1H/t17-;;/m0../s1. The van der Waals surface area contributed by atoms with Gasteiger partial charge in [0.25, 0.3) is 0 Å². The van der Waals surface area contributed by atoms with Gasteiger partial charge in [0.2, 0.25) is 11.8 Å². The predicted molar refractivity (Wildman–Crippen MR) is 139 cm³/mol. The van der Waals surface area contributed by atoms with E-state index in [1.165, 1.54) is 18.0 Å². The Balaban J connectivity index is 0.00000544. The number of rotatable bonds is 10. The Morgan fingerprint density at radius 1 is 1.09 bits per heavy atom. The summed E-state index contributed by atoms with van der Waals surface area (Å²) in [7, 11) is 1.52. The number of halogens is 3. The highest BCUT2D eigenvalue weighted by molar-refractivity contribution is 6.31. The maximum absolute atomic E-state index is 13.0. The Hall–Kier alpha value is -2.85. The van der Waals surface area contributed by atoms with Crippen LogP contribution in [0.4, 0.5) is 5.69 Å². The summed E-state index contributed by atoms with van der Waals surface area (Å²) in [6.45, 7) is 0.142. The number of carbonyl (C=O) groups excluding carboxylic acids is 3. The lowest BCUT2D eigenvalue weighted by Crippen LogP contribution is -2.45. The smallest absolute Gasteiger partial charge is 0.246 e. The average Bonchev–Trinajstić information content (AvgIpc) is 2.79. The molecule has 12 heteroatoms. The quantitative estimate of drug-likeness (QED) is 0.137. The number of guanidine groups is 1. The summed E-state index contributed by atoms with van der Waals surface area (Å²) in [6.07, 6.45) is 0.904. The van der Waals surface area contributed by atoms with Crippen molar-refractivity contribution < 1.29 is 14.4 Å². The summed E-state index contributed by atoms with van der Waals surface area (Å²) in [6, 6.07) is 12.6. The second-order valence-corrected chi connectivity index (χ2v) is 7.55. The van der Waals surface area contributed by atoms with Crippen molar-refractivity contribution in [1.82, 2.24) is 10.6 Å². The SMILES string of the molecule is CN(C(=O)CNC(=O)[C@@H](N)CCCNC(=N)N)c1ccc(Cl)cc1C(=O)c1ccccc1.Cl.Cl. The zero-order chi connectivity index (χ0) is 23.7. The lowest BCUT2D eigenvalue weighted by Gasteiger charge is -2.21. The number of nitrogens with two attached hydrogens (primary N) is 2. The molecule has 0 aliphatic heterocycles. The van der Waals surface area contributed by atoms with Gasteiger partial charge >= 0.3 is 0 Å². The van der Waals surface area contributed by atoms with E-state index in [0.29, 0.717) is 35.7 Å². The zero-order valence-electron chi connectivity index (χ0n) is 18.5. The molecular weight excluding hydrogens is 503 g/mol. The minimum Gasteiger partial charge on any atom is -0.370 e. The van der Waals surface area contributed by atoms with E-state index in [9.17, 15) is 14.4 Å². The van der Waals surface area contributed by atoms with Gasteiger partial charge < -0.3 is 27.0 Å². The second-order valence-electron chi connectivity index (χ2n) is 7.12. The zero-order valence-corrected chi connectivity index (χ0v) is 20.9. The van der Waals surface area contributed by atoms with Gasteiger partial charge in [-0.3, -0.25) is 19.8 Å². The third kappa shape index (κ3) is 9.18. The minimum atomic E-state index is -0.799. The monoisotopic (exact) mass is 530 g/mol. The highest BCUT2D eigenvalue weighted by Crippen LogP contribution is 2.26. The van der Waals surface area contributed by atoms with Crippen LogP contribution in [-0.4, -0.2) is 49.7 Å². The fourth-order valence-corrected chi connectivity index (χ4v) is 3.12. The van der Waals surface area contributed by atoms with Crippen molar-refractivity contribution in [2.75, 3.05) is 25.0 Å². The van der Waals surface area contributed by atoms with Crippen LogP contribution in [0.3, 0.4) is 0 Å². The minimum absolute atomic E-state index is 0. The van der Waals surface area contributed by atoms with Gasteiger partial charge in [0.15, 0.2) is 11.7 Å². The molecule has 9 nitrogen and oxygen atoms in total. The molecule has 0 radical (unpaired) electrons. The number of carbonyl (C=O) groups is 3. The number of benzene rings is 2. The van der Waals surface area contributed by atoms with Gasteiger partial charge in [-0.15, -0.1) is 24.8 Å². The molecule has 34 heavy (non-hydrogen) atoms. The van der Waals surface area contributed by atoms with Crippen LogP contribution in [-0.2, 0) is 9.59 Å². The molecule has 2 aromatic rings. The first-order valence-electron chi connectivity index (χ1n) is 9.97. The van der Waals surface area contributed by atoms with E-state index in [4.69, 9.17) is 28.5 Å². The second kappa shape index (κ2) is 15.1. The number of amides is 2. The summed E-state index contributed by atoms with van der Waals surface area (Å²) < 4.78 is 0. The number of hydrogen-bond acceptors (Lipinski definition) is 5. The molecular formula is C22H29Cl3N6O3. The lowest BCUT2D eigenvalue weighted by molar-refractivity contribution is -0.125. The van der Waals surface area contributed by atoms with Gasteiger partial charge in [-0.25, -0.2) is 0 Å². The normalized spacial score (nSPS) is 10.7. The Labute approximate surface area is 215 Å². The summed E-state index contributed by atoms with van der Waals surface area (Å²) in [5.41, 5.74) is 12.2. The molecule has 0 aliphatic rings. The molecule has 1 atom stereocenters. The highest BCUT2D eigenvalue weighted by atomic mass is 35.5. The van der Waals surface area contributed by atoms with Gasteiger partial charge in [-0.1, -0.05) is 41.9 Å². The Morgan fingerprint density at radius 2 is 1.74 bits per heavy atom. The maximum atomic E-state index is 13.0. The molecule has 0 aromatic heterocycles. The summed E-state index contributed by atoms with van der Waals surface area (Å²) in [4.78, 5) is 39.1. The van der Waals surface area contributed by atoms with Gasteiger partial charge in [0.1, 0.15) is 0 Å². The van der Waals surface area contributed by atoms with E-state index in [0.717, 1.165) is 0 Å². The molecule has 0 saturated carbocycles. The van der Waals surface area contributed by atoms with Crippen LogP contribution in [0, 0.1) is 5.41 Å². The molecule has 2 rings (SSSR count). The van der Waals surface area contributed by atoms with Crippen molar-refractivity contribution in [2.45, 2.75) is 18.9 Å². The topological polar surface area (TPSA) is 154 Å². The van der Waals surface area contributed by atoms with Crippen LogP contribution < -0.4 is 27.0 Å². The Bertz CT molecular complexity index is 991. The first-order valence-corrected chi connectivity index (χ1v) is 10.4. The first kappa shape index (κ1) is 31.1. The molecule has 0 saturated heterocycles. The first-order chi connectivity index (χ1) is 15.2. The molecule has 2 aromatic carbocycles. The van der Waals surface area contributed by atoms with Crippen LogP contribution in [0.5, 0.6) is 0 Å². The lowest BCUT2D eigenvalue weighted by atomic mass is 10.0. The van der Waals surface area contributed by atoms with E-state index in [1.54, 1.807) is 42.5 Å². The molecule has 0 fully saturated rings. The summed E-state index contributed by atoms with van der Waals surface area (Å²) >= 11 is 6.09. The largest absolute Gasteiger partial charge is 0.370 e. The van der Waals surface area contributed by atoms with Crippen LogP contribution in [0.1, 0.15) is 28.8 Å². The van der Waals surface area contributed by atoms with Crippen molar-refractivity contribution in [3.8, 4) is 0 Å². The fourth-order valence-electron chi connectivity index (χ4n) is 2.95. The molecule has 7 N–H and O–H groups in total. The van der Waals surface area contributed by atoms with Crippen molar-refractivity contribution in [1.29, 1.82) is 5.41 Å². The molecule has 2 amide bonds. The molecule has 0 aliphatic carbocycles. The summed E-state index contributed by atoms with van der Waals surface area (Å²) in [5.74, 6) is -1.31. The number of nitrogens with zero attached hydrogens (tertiary/aromatic N) is 1. The fraction of sp³-hybridized carbons (Fsp3) is 0.273. The maximum Gasteiger partial charge on any atom is 0.246 e. The van der Waals surface area contributed by atoms with Crippen molar-refractivity contribution in [2.24, 2.45) is 11.5 Å². The molecule has 0 spiro atoms.